The first-order valence-electron chi connectivity index (χ1n) is 10.8. The molecule has 0 aliphatic rings. The van der Waals surface area contributed by atoms with Crippen LogP contribution >= 0.6 is 0 Å². The van der Waals surface area contributed by atoms with E-state index in [2.05, 4.69) is 6.92 Å². The molecule has 0 aromatic heterocycles. The molecule has 0 saturated carbocycles. The summed E-state index contributed by atoms with van der Waals surface area (Å²) in [6.45, 7) is 2.96. The molecule has 0 heterocycles. The zero-order valence-electron chi connectivity index (χ0n) is 17.2. The van der Waals surface area contributed by atoms with Crippen LogP contribution in [-0.4, -0.2) is 12.6 Å². The van der Waals surface area contributed by atoms with Crippen molar-refractivity contribution < 1.29 is 14.3 Å². The number of unbranched alkanes of at least 4 members (excludes halogenated alkanes) is 9. The summed E-state index contributed by atoms with van der Waals surface area (Å²) < 4.78 is 11.2. The molecule has 0 radical (unpaired) electrons. The van der Waals surface area contributed by atoms with Gasteiger partial charge in [0, 0.05) is 6.07 Å². The van der Waals surface area contributed by atoms with Gasteiger partial charge in [-0.3, -0.25) is 0 Å². The topological polar surface area (TPSA) is 35.5 Å². The summed E-state index contributed by atoms with van der Waals surface area (Å²) in [6.07, 6.45) is 13.1. The molecule has 3 nitrogen and oxygen atoms in total. The van der Waals surface area contributed by atoms with E-state index in [-0.39, 0.29) is 5.97 Å². The second kappa shape index (κ2) is 13.8. The van der Waals surface area contributed by atoms with Crippen molar-refractivity contribution in [1.29, 1.82) is 0 Å². The van der Waals surface area contributed by atoms with Gasteiger partial charge in [0.25, 0.3) is 0 Å². The quantitative estimate of drug-likeness (QED) is 0.197. The summed E-state index contributed by atoms with van der Waals surface area (Å²) >= 11 is 0. The van der Waals surface area contributed by atoms with Crippen molar-refractivity contribution >= 4 is 5.97 Å². The Labute approximate surface area is 170 Å². The minimum Gasteiger partial charge on any atom is -0.493 e. The van der Waals surface area contributed by atoms with Crippen molar-refractivity contribution in [3.05, 3.63) is 60.2 Å². The molecule has 0 fully saturated rings. The van der Waals surface area contributed by atoms with E-state index < -0.39 is 0 Å². The standard InChI is InChI=1S/C25H34O3/c1-2-3-4-5-6-7-8-9-10-14-20-27-23-18-15-19-24(21-23)28-25(26)22-16-12-11-13-17-22/h11-13,15-19,21H,2-10,14,20H2,1H3. The van der Waals surface area contributed by atoms with Crippen molar-refractivity contribution in [3.8, 4) is 11.5 Å². The highest BCUT2D eigenvalue weighted by Gasteiger charge is 2.08. The third kappa shape index (κ3) is 9.07. The second-order valence-electron chi connectivity index (χ2n) is 7.26. The van der Waals surface area contributed by atoms with Gasteiger partial charge in [0.1, 0.15) is 11.5 Å². The van der Waals surface area contributed by atoms with Gasteiger partial charge in [-0.15, -0.1) is 0 Å². The predicted molar refractivity (Wildman–Crippen MR) is 115 cm³/mol. The fraction of sp³-hybridized carbons (Fsp3) is 0.480. The SMILES string of the molecule is CCCCCCCCCCCCOc1cccc(OC(=O)c2ccccc2)c1. The summed E-state index contributed by atoms with van der Waals surface area (Å²) in [4.78, 5) is 12.1. The maximum atomic E-state index is 12.1. The van der Waals surface area contributed by atoms with Crippen molar-refractivity contribution in [3.63, 3.8) is 0 Å². The summed E-state index contributed by atoms with van der Waals surface area (Å²) in [5.74, 6) is 0.899. The lowest BCUT2D eigenvalue weighted by Gasteiger charge is -2.09. The van der Waals surface area contributed by atoms with Crippen LogP contribution in [0.15, 0.2) is 54.6 Å². The summed E-state index contributed by atoms with van der Waals surface area (Å²) in [7, 11) is 0. The van der Waals surface area contributed by atoms with Crippen LogP contribution in [0.1, 0.15) is 81.5 Å². The average Bonchev–Trinajstić information content (AvgIpc) is 2.73. The van der Waals surface area contributed by atoms with Gasteiger partial charge in [0.05, 0.1) is 12.2 Å². The molecule has 152 valence electrons. The first-order chi connectivity index (χ1) is 13.8. The van der Waals surface area contributed by atoms with E-state index >= 15 is 0 Å². The fourth-order valence-corrected chi connectivity index (χ4v) is 3.15. The van der Waals surface area contributed by atoms with E-state index in [0.29, 0.717) is 17.9 Å². The number of esters is 1. The fourth-order valence-electron chi connectivity index (χ4n) is 3.15. The van der Waals surface area contributed by atoms with Crippen LogP contribution in [-0.2, 0) is 0 Å². The van der Waals surface area contributed by atoms with Crippen molar-refractivity contribution in [2.45, 2.75) is 71.1 Å². The van der Waals surface area contributed by atoms with E-state index in [1.165, 1.54) is 57.8 Å². The van der Waals surface area contributed by atoms with Crippen LogP contribution in [0.4, 0.5) is 0 Å². The van der Waals surface area contributed by atoms with Gasteiger partial charge in [0.2, 0.25) is 0 Å². The van der Waals surface area contributed by atoms with E-state index in [4.69, 9.17) is 9.47 Å². The lowest BCUT2D eigenvalue weighted by molar-refractivity contribution is 0.0734. The molecular weight excluding hydrogens is 348 g/mol. The predicted octanol–water partition coefficient (Wildman–Crippen LogP) is 7.21. The molecule has 0 spiro atoms. The lowest BCUT2D eigenvalue weighted by atomic mass is 10.1. The first-order valence-corrected chi connectivity index (χ1v) is 10.8. The molecule has 0 aliphatic carbocycles. The molecule has 2 aromatic carbocycles. The number of hydrogen-bond donors (Lipinski definition) is 0. The van der Waals surface area contributed by atoms with E-state index in [9.17, 15) is 4.79 Å². The minimum atomic E-state index is -0.354. The zero-order valence-corrected chi connectivity index (χ0v) is 17.2. The van der Waals surface area contributed by atoms with Crippen LogP contribution < -0.4 is 9.47 Å². The summed E-state index contributed by atoms with van der Waals surface area (Å²) in [6, 6.07) is 16.3. The highest BCUT2D eigenvalue weighted by molar-refractivity contribution is 5.90. The second-order valence-corrected chi connectivity index (χ2v) is 7.26. The molecule has 28 heavy (non-hydrogen) atoms. The highest BCUT2D eigenvalue weighted by Crippen LogP contribution is 2.21. The van der Waals surface area contributed by atoms with E-state index in [0.717, 1.165) is 12.2 Å². The molecule has 0 aliphatic heterocycles. The number of rotatable bonds is 14. The molecule has 0 bridgehead atoms. The van der Waals surface area contributed by atoms with E-state index in [1.54, 1.807) is 24.3 Å². The van der Waals surface area contributed by atoms with Gasteiger partial charge in [0.15, 0.2) is 0 Å². The van der Waals surface area contributed by atoms with Gasteiger partial charge < -0.3 is 9.47 Å². The van der Waals surface area contributed by atoms with Gasteiger partial charge in [-0.05, 0) is 30.7 Å². The van der Waals surface area contributed by atoms with Gasteiger partial charge in [-0.2, -0.15) is 0 Å². The molecular formula is C25H34O3. The Morgan fingerprint density at radius 3 is 2.00 bits per heavy atom. The molecule has 2 rings (SSSR count). The molecule has 0 saturated heterocycles. The maximum Gasteiger partial charge on any atom is 0.343 e. The van der Waals surface area contributed by atoms with Crippen LogP contribution in [0.5, 0.6) is 11.5 Å². The molecule has 0 amide bonds. The normalized spacial score (nSPS) is 10.6. The molecule has 2 aromatic rings. The first kappa shape index (κ1) is 22.0. The number of carbonyl (C=O) groups excluding carboxylic acids is 1. The number of carbonyl (C=O) groups is 1. The summed E-state index contributed by atoms with van der Waals surface area (Å²) in [5, 5.41) is 0. The number of hydrogen-bond acceptors (Lipinski definition) is 3. The maximum absolute atomic E-state index is 12.1. The average molecular weight is 383 g/mol. The minimum absolute atomic E-state index is 0.354. The molecule has 0 N–H and O–H groups in total. The highest BCUT2D eigenvalue weighted by atomic mass is 16.5. The molecule has 0 atom stereocenters. The summed E-state index contributed by atoms with van der Waals surface area (Å²) in [5.41, 5.74) is 0.541. The number of ether oxygens (including phenoxy) is 2. The largest absolute Gasteiger partial charge is 0.493 e. The Bertz CT molecular complexity index is 667. The van der Waals surface area contributed by atoms with E-state index in [1.807, 2.05) is 30.3 Å². The van der Waals surface area contributed by atoms with Crippen LogP contribution in [0.3, 0.4) is 0 Å². The number of benzene rings is 2. The Balaban J connectivity index is 1.58. The smallest absolute Gasteiger partial charge is 0.343 e. The lowest BCUT2D eigenvalue weighted by Crippen LogP contribution is -2.08. The van der Waals surface area contributed by atoms with Crippen LogP contribution in [0.2, 0.25) is 0 Å². The Morgan fingerprint density at radius 1 is 0.714 bits per heavy atom. The Kier molecular flexibility index (Phi) is 10.9. The Morgan fingerprint density at radius 2 is 1.32 bits per heavy atom. The van der Waals surface area contributed by atoms with Gasteiger partial charge >= 0.3 is 5.97 Å². The molecule has 0 unspecified atom stereocenters. The molecule has 3 heteroatoms. The van der Waals surface area contributed by atoms with Gasteiger partial charge in [-0.1, -0.05) is 89.0 Å². The Hall–Kier alpha value is -2.29. The zero-order chi connectivity index (χ0) is 19.9. The van der Waals surface area contributed by atoms with Crippen LogP contribution in [0.25, 0.3) is 0 Å². The van der Waals surface area contributed by atoms with Crippen molar-refractivity contribution in [1.82, 2.24) is 0 Å². The van der Waals surface area contributed by atoms with Crippen LogP contribution in [0, 0.1) is 0 Å². The van der Waals surface area contributed by atoms with Crippen molar-refractivity contribution in [2.75, 3.05) is 6.61 Å². The van der Waals surface area contributed by atoms with Gasteiger partial charge in [-0.25, -0.2) is 4.79 Å². The monoisotopic (exact) mass is 382 g/mol. The third-order valence-corrected chi connectivity index (χ3v) is 4.79. The third-order valence-electron chi connectivity index (χ3n) is 4.79. The van der Waals surface area contributed by atoms with Crippen molar-refractivity contribution in [2.24, 2.45) is 0 Å².